The minimum absolute atomic E-state index is 0.323. The van der Waals surface area contributed by atoms with E-state index < -0.39 is 0 Å². The van der Waals surface area contributed by atoms with Crippen molar-refractivity contribution in [2.45, 2.75) is 20.5 Å². The molecule has 0 radical (unpaired) electrons. The number of ether oxygens (including phenoxy) is 1. The molecule has 0 saturated heterocycles. The molecule has 7 heteroatoms. The van der Waals surface area contributed by atoms with Crippen LogP contribution < -0.4 is 15.9 Å². The van der Waals surface area contributed by atoms with E-state index in [1.165, 1.54) is 5.56 Å². The van der Waals surface area contributed by atoms with Crippen molar-refractivity contribution in [3.8, 4) is 5.75 Å². The van der Waals surface area contributed by atoms with Gasteiger partial charge in [-0.05, 0) is 49.2 Å². The molecular formula is C20H20N4O2S. The third-order valence-electron chi connectivity index (χ3n) is 3.77. The summed E-state index contributed by atoms with van der Waals surface area (Å²) in [7, 11) is 0. The van der Waals surface area contributed by atoms with Crippen LogP contribution in [0, 0.1) is 13.8 Å². The first-order valence-electron chi connectivity index (χ1n) is 8.36. The maximum absolute atomic E-state index is 12.0. The quantitative estimate of drug-likeness (QED) is 0.504. The van der Waals surface area contributed by atoms with Crippen LogP contribution in [0.25, 0.3) is 0 Å². The van der Waals surface area contributed by atoms with E-state index >= 15 is 0 Å². The molecule has 3 aromatic rings. The predicted octanol–water partition coefficient (Wildman–Crippen LogP) is 3.69. The summed E-state index contributed by atoms with van der Waals surface area (Å²) in [5, 5.41) is 4.34. The fraction of sp³-hybridized carbons (Fsp3) is 0.150. The maximum Gasteiger partial charge on any atom is 0.283 e. The van der Waals surface area contributed by atoms with Crippen LogP contribution in [0.1, 0.15) is 32.1 Å². The van der Waals surface area contributed by atoms with Gasteiger partial charge in [-0.15, -0.1) is 0 Å². The zero-order valence-corrected chi connectivity index (χ0v) is 15.9. The van der Waals surface area contributed by atoms with Gasteiger partial charge in [-0.1, -0.05) is 41.2 Å². The van der Waals surface area contributed by atoms with Crippen LogP contribution >= 0.6 is 11.3 Å². The van der Waals surface area contributed by atoms with Crippen molar-refractivity contribution in [1.29, 1.82) is 0 Å². The molecule has 3 N–H and O–H groups in total. The Labute approximate surface area is 161 Å². The molecule has 0 unspecified atom stereocenters. The molecule has 0 aliphatic heterocycles. The SMILES string of the molecule is Cc1cccc(COc2ccc(C=NNC(=O)c3sc(N)nc3C)cc2)c1. The fourth-order valence-corrected chi connectivity index (χ4v) is 3.19. The van der Waals surface area contributed by atoms with E-state index in [2.05, 4.69) is 34.6 Å². The molecule has 0 fully saturated rings. The zero-order valence-electron chi connectivity index (χ0n) is 15.1. The number of anilines is 1. The molecule has 1 aromatic heterocycles. The number of hydrogen-bond donors (Lipinski definition) is 2. The van der Waals surface area contributed by atoms with E-state index in [1.807, 2.05) is 36.4 Å². The molecule has 138 valence electrons. The number of hydrogen-bond acceptors (Lipinski definition) is 6. The third kappa shape index (κ3) is 5.15. The van der Waals surface area contributed by atoms with Crippen molar-refractivity contribution in [1.82, 2.24) is 10.4 Å². The normalized spacial score (nSPS) is 10.9. The number of aryl methyl sites for hydroxylation is 2. The van der Waals surface area contributed by atoms with Crippen LogP contribution in [0.15, 0.2) is 53.6 Å². The zero-order chi connectivity index (χ0) is 19.2. The van der Waals surface area contributed by atoms with Crippen LogP contribution in [0.2, 0.25) is 0 Å². The average Bonchev–Trinajstić information content (AvgIpc) is 2.99. The molecule has 27 heavy (non-hydrogen) atoms. The molecule has 0 aliphatic carbocycles. The molecule has 6 nitrogen and oxygen atoms in total. The van der Waals surface area contributed by atoms with Gasteiger partial charge >= 0.3 is 0 Å². The molecule has 1 amide bonds. The largest absolute Gasteiger partial charge is 0.489 e. The first-order chi connectivity index (χ1) is 13.0. The Morgan fingerprint density at radius 2 is 2.04 bits per heavy atom. The molecule has 0 saturated carbocycles. The summed E-state index contributed by atoms with van der Waals surface area (Å²) in [5.41, 5.74) is 11.9. The van der Waals surface area contributed by atoms with Gasteiger partial charge in [0.1, 0.15) is 17.2 Å². The van der Waals surface area contributed by atoms with Gasteiger partial charge in [0.25, 0.3) is 5.91 Å². The second kappa shape index (κ2) is 8.46. The van der Waals surface area contributed by atoms with Crippen molar-refractivity contribution < 1.29 is 9.53 Å². The van der Waals surface area contributed by atoms with Crippen LogP contribution in [-0.4, -0.2) is 17.1 Å². The number of nitrogen functional groups attached to an aromatic ring is 1. The second-order valence-electron chi connectivity index (χ2n) is 6.01. The van der Waals surface area contributed by atoms with Crippen molar-refractivity contribution in [3.63, 3.8) is 0 Å². The summed E-state index contributed by atoms with van der Waals surface area (Å²) in [4.78, 5) is 16.5. The highest BCUT2D eigenvalue weighted by Gasteiger charge is 2.13. The first kappa shape index (κ1) is 18.6. The van der Waals surface area contributed by atoms with Gasteiger partial charge in [0.15, 0.2) is 5.13 Å². The second-order valence-corrected chi connectivity index (χ2v) is 7.04. The van der Waals surface area contributed by atoms with Gasteiger partial charge in [0.2, 0.25) is 0 Å². The van der Waals surface area contributed by atoms with Crippen LogP contribution in [0.3, 0.4) is 0 Å². The van der Waals surface area contributed by atoms with Gasteiger partial charge in [0, 0.05) is 0 Å². The minimum atomic E-state index is -0.323. The van der Waals surface area contributed by atoms with Crippen molar-refractivity contribution >= 4 is 28.6 Å². The molecule has 3 rings (SSSR count). The molecule has 0 bridgehead atoms. The number of nitrogens with one attached hydrogen (secondary N) is 1. The molecule has 0 aliphatic rings. The lowest BCUT2D eigenvalue weighted by Crippen LogP contribution is -2.17. The fourth-order valence-electron chi connectivity index (χ4n) is 2.46. The Balaban J connectivity index is 1.53. The van der Waals surface area contributed by atoms with Gasteiger partial charge in [-0.3, -0.25) is 4.79 Å². The first-order valence-corrected chi connectivity index (χ1v) is 9.17. The molecule has 0 spiro atoms. The van der Waals surface area contributed by atoms with E-state index in [0.717, 1.165) is 28.2 Å². The average molecular weight is 380 g/mol. The highest BCUT2D eigenvalue weighted by molar-refractivity contribution is 7.17. The third-order valence-corrected chi connectivity index (χ3v) is 4.75. The number of amides is 1. The molecule has 1 heterocycles. The summed E-state index contributed by atoms with van der Waals surface area (Å²) < 4.78 is 5.79. The monoisotopic (exact) mass is 380 g/mol. The maximum atomic E-state index is 12.0. The summed E-state index contributed by atoms with van der Waals surface area (Å²) in [6.07, 6.45) is 1.57. The van der Waals surface area contributed by atoms with Crippen LogP contribution in [-0.2, 0) is 6.61 Å². The standard InChI is InChI=1S/C20H20N4O2S/c1-13-4-3-5-16(10-13)12-26-17-8-6-15(7-9-17)11-22-24-19(25)18-14(2)23-20(21)27-18/h3-11H,12H2,1-2H3,(H2,21,23)(H,24,25). The summed E-state index contributed by atoms with van der Waals surface area (Å²) in [6.45, 7) is 4.31. The van der Waals surface area contributed by atoms with E-state index in [1.54, 1.807) is 13.1 Å². The van der Waals surface area contributed by atoms with Gasteiger partial charge in [0.05, 0.1) is 11.9 Å². The highest BCUT2D eigenvalue weighted by Crippen LogP contribution is 2.19. The lowest BCUT2D eigenvalue weighted by molar-refractivity contribution is 0.0958. The van der Waals surface area contributed by atoms with E-state index in [0.29, 0.717) is 22.3 Å². The lowest BCUT2D eigenvalue weighted by atomic mass is 10.1. The lowest BCUT2D eigenvalue weighted by Gasteiger charge is -2.07. The van der Waals surface area contributed by atoms with E-state index in [4.69, 9.17) is 10.5 Å². The number of rotatable bonds is 6. The smallest absolute Gasteiger partial charge is 0.283 e. The van der Waals surface area contributed by atoms with E-state index in [9.17, 15) is 4.79 Å². The van der Waals surface area contributed by atoms with Crippen LogP contribution in [0.5, 0.6) is 5.75 Å². The molecular weight excluding hydrogens is 360 g/mol. The summed E-state index contributed by atoms with van der Waals surface area (Å²) >= 11 is 1.14. The van der Waals surface area contributed by atoms with Gasteiger partial charge in [-0.25, -0.2) is 10.4 Å². The Morgan fingerprint density at radius 1 is 1.26 bits per heavy atom. The number of carbonyl (C=O) groups is 1. The van der Waals surface area contributed by atoms with Crippen molar-refractivity contribution in [2.75, 3.05) is 5.73 Å². The van der Waals surface area contributed by atoms with Gasteiger partial charge < -0.3 is 10.5 Å². The Bertz CT molecular complexity index is 964. The minimum Gasteiger partial charge on any atom is -0.489 e. The number of benzene rings is 2. The Hall–Kier alpha value is -3.19. The van der Waals surface area contributed by atoms with Crippen LogP contribution in [0.4, 0.5) is 5.13 Å². The number of nitrogens with two attached hydrogens (primary N) is 1. The number of carbonyl (C=O) groups excluding carboxylic acids is 1. The van der Waals surface area contributed by atoms with Gasteiger partial charge in [-0.2, -0.15) is 5.10 Å². The highest BCUT2D eigenvalue weighted by atomic mass is 32.1. The topological polar surface area (TPSA) is 89.6 Å². The Morgan fingerprint density at radius 3 is 2.70 bits per heavy atom. The molecule has 0 atom stereocenters. The molecule has 2 aromatic carbocycles. The predicted molar refractivity (Wildman–Crippen MR) is 108 cm³/mol. The number of aromatic nitrogens is 1. The van der Waals surface area contributed by atoms with Crippen molar-refractivity contribution in [2.24, 2.45) is 5.10 Å². The summed E-state index contributed by atoms with van der Waals surface area (Å²) in [6, 6.07) is 15.7. The number of nitrogens with zero attached hydrogens (tertiary/aromatic N) is 2. The number of thiazole rings is 1. The Kier molecular flexibility index (Phi) is 5.83. The summed E-state index contributed by atoms with van der Waals surface area (Å²) in [5.74, 6) is 0.449. The number of hydrazone groups is 1. The van der Waals surface area contributed by atoms with E-state index in [-0.39, 0.29) is 5.91 Å². The van der Waals surface area contributed by atoms with Crippen molar-refractivity contribution in [3.05, 3.63) is 75.8 Å².